The van der Waals surface area contributed by atoms with Gasteiger partial charge in [-0.3, -0.25) is 9.59 Å². The second-order valence-electron chi connectivity index (χ2n) is 4.16. The Balaban J connectivity index is 1.91. The number of hydrogen-bond donors (Lipinski definition) is 3. The van der Waals surface area contributed by atoms with Gasteiger partial charge in [0.25, 0.3) is 0 Å². The molecular formula is C9H13NO5. The normalized spacial score (nSPS) is 39.2. The largest absolute Gasteiger partial charge is 0.481 e. The fourth-order valence-electron chi connectivity index (χ4n) is 1.92. The molecule has 1 aliphatic carbocycles. The molecule has 3 N–H and O–H groups in total. The molecule has 2 aliphatic rings. The van der Waals surface area contributed by atoms with Crippen LogP contribution in [0.2, 0.25) is 0 Å². The highest BCUT2D eigenvalue weighted by atomic mass is 16.4. The van der Waals surface area contributed by atoms with E-state index >= 15 is 0 Å². The van der Waals surface area contributed by atoms with Gasteiger partial charge in [0.2, 0.25) is 5.91 Å². The average molecular weight is 215 g/mol. The van der Waals surface area contributed by atoms with E-state index < -0.39 is 30.0 Å². The maximum absolute atomic E-state index is 11.7. The maximum atomic E-state index is 11.7. The Bertz CT molecular complexity index is 295. The molecule has 0 aromatic carbocycles. The smallest absolute Gasteiger partial charge is 0.307 e. The van der Waals surface area contributed by atoms with Gasteiger partial charge >= 0.3 is 5.97 Å². The van der Waals surface area contributed by atoms with Gasteiger partial charge in [0.1, 0.15) is 0 Å². The Morgan fingerprint density at radius 2 is 1.60 bits per heavy atom. The molecule has 6 heteroatoms. The summed E-state index contributed by atoms with van der Waals surface area (Å²) in [5.74, 6) is -2.25. The number of hydrogen-bond acceptors (Lipinski definition) is 4. The first-order valence-corrected chi connectivity index (χ1v) is 4.88. The summed E-state index contributed by atoms with van der Waals surface area (Å²) >= 11 is 0. The van der Waals surface area contributed by atoms with Crippen LogP contribution in [0, 0.1) is 11.8 Å². The second-order valence-corrected chi connectivity index (χ2v) is 4.16. The minimum Gasteiger partial charge on any atom is -0.481 e. The number of β-amino-alcohol motifs (C(OH)–C–C–N with tert-alkyl or cyclic N) is 2. The summed E-state index contributed by atoms with van der Waals surface area (Å²) in [5, 5.41) is 27.1. The van der Waals surface area contributed by atoms with Crippen LogP contribution < -0.4 is 0 Å². The van der Waals surface area contributed by atoms with E-state index in [1.165, 1.54) is 4.90 Å². The first-order chi connectivity index (χ1) is 7.00. The molecule has 1 aliphatic heterocycles. The fourth-order valence-corrected chi connectivity index (χ4v) is 1.92. The Hall–Kier alpha value is -1.14. The van der Waals surface area contributed by atoms with Crippen molar-refractivity contribution in [1.82, 2.24) is 4.90 Å². The molecule has 0 bridgehead atoms. The number of aliphatic hydroxyl groups excluding tert-OH is 2. The number of carboxylic acids is 1. The number of aliphatic hydroxyl groups is 2. The molecule has 2 rings (SSSR count). The maximum Gasteiger partial charge on any atom is 0.307 e. The highest BCUT2D eigenvalue weighted by Gasteiger charge is 2.51. The van der Waals surface area contributed by atoms with Crippen molar-refractivity contribution in [3.05, 3.63) is 0 Å². The van der Waals surface area contributed by atoms with E-state index in [1.807, 2.05) is 0 Å². The van der Waals surface area contributed by atoms with Crippen molar-refractivity contribution in [2.24, 2.45) is 11.8 Å². The Kier molecular flexibility index (Phi) is 2.40. The van der Waals surface area contributed by atoms with Crippen molar-refractivity contribution in [2.75, 3.05) is 13.1 Å². The molecule has 15 heavy (non-hydrogen) atoms. The first kappa shape index (κ1) is 10.4. The number of carboxylic acid groups (broad SMARTS) is 1. The lowest BCUT2D eigenvalue weighted by atomic mass is 10.3. The SMILES string of the molecule is O=C(O)C1CC1C(=O)N1CC(O)C(O)C1. The third-order valence-corrected chi connectivity index (χ3v) is 3.00. The molecule has 1 saturated heterocycles. The van der Waals surface area contributed by atoms with Gasteiger partial charge in [0, 0.05) is 13.1 Å². The Morgan fingerprint density at radius 3 is 2.00 bits per heavy atom. The van der Waals surface area contributed by atoms with Gasteiger partial charge in [-0.15, -0.1) is 0 Å². The number of rotatable bonds is 2. The van der Waals surface area contributed by atoms with E-state index in [0.29, 0.717) is 6.42 Å². The molecular weight excluding hydrogens is 202 g/mol. The van der Waals surface area contributed by atoms with Crippen molar-refractivity contribution >= 4 is 11.9 Å². The van der Waals surface area contributed by atoms with E-state index in [4.69, 9.17) is 5.11 Å². The monoisotopic (exact) mass is 215 g/mol. The molecule has 84 valence electrons. The van der Waals surface area contributed by atoms with Crippen LogP contribution in [0.25, 0.3) is 0 Å². The molecule has 6 nitrogen and oxygen atoms in total. The molecule has 2 fully saturated rings. The summed E-state index contributed by atoms with van der Waals surface area (Å²) in [6.07, 6.45) is -1.44. The topological polar surface area (TPSA) is 98.1 Å². The molecule has 1 amide bonds. The molecule has 1 heterocycles. The standard InChI is InChI=1S/C9H13NO5/c11-6-2-10(3-7(6)12)8(13)4-1-5(4)9(14)15/h4-7,11-12H,1-3H2,(H,14,15). The first-order valence-electron chi connectivity index (χ1n) is 4.88. The number of likely N-dealkylation sites (tertiary alicyclic amines) is 1. The molecule has 0 aromatic rings. The van der Waals surface area contributed by atoms with Gasteiger partial charge in [0.15, 0.2) is 0 Å². The van der Waals surface area contributed by atoms with Crippen molar-refractivity contribution in [3.63, 3.8) is 0 Å². The van der Waals surface area contributed by atoms with Crippen molar-refractivity contribution in [1.29, 1.82) is 0 Å². The highest BCUT2D eigenvalue weighted by Crippen LogP contribution is 2.40. The number of carbonyl (C=O) groups excluding carboxylic acids is 1. The molecule has 0 aromatic heterocycles. The van der Waals surface area contributed by atoms with Gasteiger partial charge in [-0.1, -0.05) is 0 Å². The molecule has 4 atom stereocenters. The zero-order chi connectivity index (χ0) is 11.2. The van der Waals surface area contributed by atoms with E-state index in [-0.39, 0.29) is 19.0 Å². The lowest BCUT2D eigenvalue weighted by Crippen LogP contribution is -2.32. The van der Waals surface area contributed by atoms with Crippen LogP contribution in [0.1, 0.15) is 6.42 Å². The van der Waals surface area contributed by atoms with Crippen LogP contribution >= 0.6 is 0 Å². The Morgan fingerprint density at radius 1 is 1.07 bits per heavy atom. The van der Waals surface area contributed by atoms with E-state index in [9.17, 15) is 19.8 Å². The summed E-state index contributed by atoms with van der Waals surface area (Å²) in [4.78, 5) is 23.5. The minimum absolute atomic E-state index is 0.100. The summed E-state index contributed by atoms with van der Waals surface area (Å²) in [6.45, 7) is 0.200. The zero-order valence-electron chi connectivity index (χ0n) is 8.04. The zero-order valence-corrected chi connectivity index (χ0v) is 8.04. The van der Waals surface area contributed by atoms with Crippen LogP contribution in [0.3, 0.4) is 0 Å². The summed E-state index contributed by atoms with van der Waals surface area (Å²) in [6, 6.07) is 0. The minimum atomic E-state index is -0.950. The van der Waals surface area contributed by atoms with Gasteiger partial charge in [0.05, 0.1) is 24.0 Å². The molecule has 0 radical (unpaired) electrons. The van der Waals surface area contributed by atoms with E-state index in [0.717, 1.165) is 0 Å². The van der Waals surface area contributed by atoms with Crippen LogP contribution in [0.5, 0.6) is 0 Å². The van der Waals surface area contributed by atoms with Gasteiger partial charge in [-0.2, -0.15) is 0 Å². The summed E-state index contributed by atoms with van der Waals surface area (Å²) in [7, 11) is 0. The average Bonchev–Trinajstić information content (AvgIpc) is 2.89. The van der Waals surface area contributed by atoms with Gasteiger partial charge in [-0.25, -0.2) is 0 Å². The second kappa shape index (κ2) is 3.46. The Labute approximate surface area is 86.1 Å². The van der Waals surface area contributed by atoms with Crippen LogP contribution in [-0.4, -0.2) is 57.4 Å². The molecule has 0 spiro atoms. The predicted octanol–water partition coefficient (Wildman–Crippen LogP) is -1.73. The fraction of sp³-hybridized carbons (Fsp3) is 0.778. The molecule has 1 saturated carbocycles. The summed E-state index contributed by atoms with van der Waals surface area (Å²) in [5.41, 5.74) is 0. The van der Waals surface area contributed by atoms with Crippen LogP contribution in [0.15, 0.2) is 0 Å². The van der Waals surface area contributed by atoms with Crippen molar-refractivity contribution < 1.29 is 24.9 Å². The number of aliphatic carboxylic acids is 1. The van der Waals surface area contributed by atoms with Crippen molar-refractivity contribution in [2.45, 2.75) is 18.6 Å². The highest BCUT2D eigenvalue weighted by molar-refractivity contribution is 5.89. The van der Waals surface area contributed by atoms with E-state index in [2.05, 4.69) is 0 Å². The number of nitrogens with zero attached hydrogens (tertiary/aromatic N) is 1. The lowest BCUT2D eigenvalue weighted by Gasteiger charge is -2.14. The van der Waals surface area contributed by atoms with Crippen LogP contribution in [-0.2, 0) is 9.59 Å². The van der Waals surface area contributed by atoms with Crippen LogP contribution in [0.4, 0.5) is 0 Å². The quantitative estimate of drug-likeness (QED) is 0.508. The van der Waals surface area contributed by atoms with Gasteiger partial charge < -0.3 is 20.2 Å². The molecule has 4 unspecified atom stereocenters. The predicted molar refractivity (Wildman–Crippen MR) is 47.8 cm³/mol. The summed E-state index contributed by atoms with van der Waals surface area (Å²) < 4.78 is 0. The number of amides is 1. The van der Waals surface area contributed by atoms with Crippen molar-refractivity contribution in [3.8, 4) is 0 Å². The number of carbonyl (C=O) groups is 2. The third kappa shape index (κ3) is 1.82. The third-order valence-electron chi connectivity index (χ3n) is 3.00. The van der Waals surface area contributed by atoms with E-state index in [1.54, 1.807) is 0 Å². The van der Waals surface area contributed by atoms with Gasteiger partial charge in [-0.05, 0) is 6.42 Å². The lowest BCUT2D eigenvalue weighted by molar-refractivity contribution is -0.141.